The molecule has 0 N–H and O–H groups in total. The van der Waals surface area contributed by atoms with E-state index in [1.54, 1.807) is 0 Å². The average molecular weight is 305 g/mol. The third kappa shape index (κ3) is 1.92. The van der Waals surface area contributed by atoms with Gasteiger partial charge in [0, 0.05) is 17.1 Å². The molecule has 0 aliphatic carbocycles. The number of nitrogens with zero attached hydrogens (tertiary/aromatic N) is 1. The second-order valence-electron chi connectivity index (χ2n) is 6.07. The highest BCUT2D eigenvalue weighted by atomic mass is 14.7. The van der Waals surface area contributed by atoms with Crippen molar-refractivity contribution in [3.63, 3.8) is 0 Å². The minimum atomic E-state index is 1.06. The van der Waals surface area contributed by atoms with Gasteiger partial charge in [-0.05, 0) is 33.0 Å². The Bertz CT molecular complexity index is 1200. The first-order valence-corrected chi connectivity index (χ1v) is 8.16. The number of rotatable bonds is 1. The molecule has 0 saturated carbocycles. The summed E-state index contributed by atoms with van der Waals surface area (Å²) in [7, 11) is 0. The van der Waals surface area contributed by atoms with E-state index in [0.29, 0.717) is 0 Å². The Balaban J connectivity index is 1.98. The van der Waals surface area contributed by atoms with Crippen LogP contribution in [-0.4, -0.2) is 4.98 Å². The molecule has 0 spiro atoms. The quantitative estimate of drug-likeness (QED) is 0.336. The molecule has 24 heavy (non-hydrogen) atoms. The van der Waals surface area contributed by atoms with Crippen molar-refractivity contribution < 1.29 is 0 Å². The summed E-state index contributed by atoms with van der Waals surface area (Å²) in [5.41, 5.74) is 2.25. The van der Waals surface area contributed by atoms with Gasteiger partial charge < -0.3 is 0 Å². The summed E-state index contributed by atoms with van der Waals surface area (Å²) >= 11 is 0. The smallest absolute Gasteiger partial charge is 0.0792 e. The first-order valence-electron chi connectivity index (χ1n) is 8.16. The maximum atomic E-state index is 4.78. The van der Waals surface area contributed by atoms with Crippen molar-refractivity contribution in [2.24, 2.45) is 0 Å². The molecular formula is C23H15N. The lowest BCUT2D eigenvalue weighted by atomic mass is 9.95. The fraction of sp³-hybridized carbons (Fsp3) is 0. The van der Waals surface area contributed by atoms with Crippen LogP contribution in [0.1, 0.15) is 0 Å². The summed E-state index contributed by atoms with van der Waals surface area (Å²) in [6, 6.07) is 29.9. The largest absolute Gasteiger partial charge is 0.256 e. The highest BCUT2D eigenvalue weighted by Gasteiger charge is 2.11. The van der Waals surface area contributed by atoms with Gasteiger partial charge in [0.25, 0.3) is 0 Å². The summed E-state index contributed by atoms with van der Waals surface area (Å²) < 4.78 is 0. The normalized spacial score (nSPS) is 11.3. The molecule has 0 amide bonds. The van der Waals surface area contributed by atoms with Crippen molar-refractivity contribution in [2.45, 2.75) is 0 Å². The minimum Gasteiger partial charge on any atom is -0.256 e. The summed E-state index contributed by atoms with van der Waals surface area (Å²) in [6.07, 6.45) is 1.91. The molecule has 1 aromatic heterocycles. The summed E-state index contributed by atoms with van der Waals surface area (Å²) in [5.74, 6) is 0. The van der Waals surface area contributed by atoms with Gasteiger partial charge in [-0.1, -0.05) is 78.9 Å². The van der Waals surface area contributed by atoms with Crippen molar-refractivity contribution in [2.75, 3.05) is 0 Å². The van der Waals surface area contributed by atoms with Gasteiger partial charge in [-0.25, -0.2) is 0 Å². The van der Waals surface area contributed by atoms with Crippen LogP contribution in [0.4, 0.5) is 0 Å². The van der Waals surface area contributed by atoms with Gasteiger partial charge in [-0.2, -0.15) is 0 Å². The molecule has 0 atom stereocenters. The highest BCUT2D eigenvalue weighted by molar-refractivity contribution is 6.15. The van der Waals surface area contributed by atoms with Gasteiger partial charge in [0.1, 0.15) is 0 Å². The average Bonchev–Trinajstić information content (AvgIpc) is 2.67. The highest BCUT2D eigenvalue weighted by Crippen LogP contribution is 2.35. The zero-order chi connectivity index (χ0) is 15.9. The van der Waals surface area contributed by atoms with Gasteiger partial charge >= 0.3 is 0 Å². The summed E-state index contributed by atoms with van der Waals surface area (Å²) in [4.78, 5) is 4.78. The molecule has 5 aromatic rings. The Hall–Kier alpha value is -3.19. The Morgan fingerprint density at radius 2 is 1.17 bits per heavy atom. The van der Waals surface area contributed by atoms with Crippen LogP contribution in [0.15, 0.2) is 91.1 Å². The molecule has 1 nitrogen and oxygen atoms in total. The van der Waals surface area contributed by atoms with Crippen LogP contribution in [0.25, 0.3) is 43.6 Å². The molecule has 0 radical (unpaired) electrons. The van der Waals surface area contributed by atoms with E-state index < -0.39 is 0 Å². The number of aromatic nitrogens is 1. The van der Waals surface area contributed by atoms with Crippen LogP contribution < -0.4 is 0 Å². The van der Waals surface area contributed by atoms with E-state index in [2.05, 4.69) is 84.9 Å². The van der Waals surface area contributed by atoms with Crippen molar-refractivity contribution in [3.05, 3.63) is 91.1 Å². The Labute approximate surface area is 140 Å². The standard InChI is InChI=1S/C23H15N/c1-3-9-19-16(6-1)8-5-11-21(19)23-22-18(14-15-24-23)13-12-17-7-2-4-10-20(17)22/h1-15H. The number of benzene rings is 4. The SMILES string of the molecule is c1ccc2c(-c3nccc4ccc5ccccc5c34)cccc2c1. The number of fused-ring (bicyclic) bond motifs is 4. The van der Waals surface area contributed by atoms with Gasteiger partial charge in [-0.3, -0.25) is 4.98 Å². The second-order valence-corrected chi connectivity index (χ2v) is 6.07. The minimum absolute atomic E-state index is 1.06. The predicted octanol–water partition coefficient (Wildman–Crippen LogP) is 6.21. The van der Waals surface area contributed by atoms with Crippen LogP contribution in [0, 0.1) is 0 Å². The fourth-order valence-electron chi connectivity index (χ4n) is 3.58. The van der Waals surface area contributed by atoms with Crippen LogP contribution >= 0.6 is 0 Å². The second kappa shape index (κ2) is 5.17. The van der Waals surface area contributed by atoms with Crippen LogP contribution in [-0.2, 0) is 0 Å². The molecule has 0 fully saturated rings. The Morgan fingerprint density at radius 3 is 2.04 bits per heavy atom. The third-order valence-electron chi connectivity index (χ3n) is 4.70. The third-order valence-corrected chi connectivity index (χ3v) is 4.70. The fourth-order valence-corrected chi connectivity index (χ4v) is 3.58. The van der Waals surface area contributed by atoms with Crippen molar-refractivity contribution in [3.8, 4) is 11.3 Å². The molecule has 4 aromatic carbocycles. The van der Waals surface area contributed by atoms with Crippen LogP contribution in [0.3, 0.4) is 0 Å². The molecule has 0 aliphatic heterocycles. The maximum absolute atomic E-state index is 4.78. The first-order chi connectivity index (χ1) is 11.9. The lowest BCUT2D eigenvalue weighted by molar-refractivity contribution is 1.37. The van der Waals surface area contributed by atoms with Crippen molar-refractivity contribution in [1.82, 2.24) is 4.98 Å². The first kappa shape index (κ1) is 13.3. The Morgan fingerprint density at radius 1 is 0.500 bits per heavy atom. The maximum Gasteiger partial charge on any atom is 0.0792 e. The number of hydrogen-bond donors (Lipinski definition) is 0. The monoisotopic (exact) mass is 305 g/mol. The van der Waals surface area contributed by atoms with E-state index in [4.69, 9.17) is 4.98 Å². The van der Waals surface area contributed by atoms with E-state index in [0.717, 1.165) is 5.69 Å². The molecule has 1 heterocycles. The van der Waals surface area contributed by atoms with Gasteiger partial charge in [0.2, 0.25) is 0 Å². The van der Waals surface area contributed by atoms with E-state index >= 15 is 0 Å². The molecular weight excluding hydrogens is 290 g/mol. The zero-order valence-electron chi connectivity index (χ0n) is 13.1. The predicted molar refractivity (Wildman–Crippen MR) is 102 cm³/mol. The van der Waals surface area contributed by atoms with Crippen molar-refractivity contribution >= 4 is 32.3 Å². The van der Waals surface area contributed by atoms with Crippen LogP contribution in [0.2, 0.25) is 0 Å². The molecule has 1 heteroatoms. The number of hydrogen-bond acceptors (Lipinski definition) is 1. The zero-order valence-corrected chi connectivity index (χ0v) is 13.1. The summed E-state index contributed by atoms with van der Waals surface area (Å²) in [5, 5.41) is 7.45. The molecule has 0 saturated heterocycles. The lowest BCUT2D eigenvalue weighted by Gasteiger charge is -2.11. The number of pyridine rings is 1. The van der Waals surface area contributed by atoms with Crippen molar-refractivity contribution in [1.29, 1.82) is 0 Å². The molecule has 112 valence electrons. The van der Waals surface area contributed by atoms with E-state index in [1.807, 2.05) is 6.20 Å². The lowest BCUT2D eigenvalue weighted by Crippen LogP contribution is -1.89. The topological polar surface area (TPSA) is 12.9 Å². The van der Waals surface area contributed by atoms with Crippen LogP contribution in [0.5, 0.6) is 0 Å². The van der Waals surface area contributed by atoms with E-state index in [9.17, 15) is 0 Å². The van der Waals surface area contributed by atoms with Gasteiger partial charge in [0.05, 0.1) is 5.69 Å². The molecule has 0 aliphatic rings. The Kier molecular flexibility index (Phi) is 2.86. The summed E-state index contributed by atoms with van der Waals surface area (Å²) in [6.45, 7) is 0. The molecule has 0 bridgehead atoms. The molecule has 5 rings (SSSR count). The van der Waals surface area contributed by atoms with E-state index in [-0.39, 0.29) is 0 Å². The van der Waals surface area contributed by atoms with E-state index in [1.165, 1.54) is 37.9 Å². The van der Waals surface area contributed by atoms with Gasteiger partial charge in [0.15, 0.2) is 0 Å². The molecule has 0 unspecified atom stereocenters. The van der Waals surface area contributed by atoms with Gasteiger partial charge in [-0.15, -0.1) is 0 Å².